The molecule has 1 aromatic heterocycles. The average Bonchev–Trinajstić information content (AvgIpc) is 3.39. The van der Waals surface area contributed by atoms with Crippen LogP contribution in [0.25, 0.3) is 10.8 Å². The average molecular weight is 552 g/mol. The van der Waals surface area contributed by atoms with Gasteiger partial charge in [0.25, 0.3) is 5.91 Å². The SMILES string of the molecule is CCCCN(CC(=O)N1CCc2sccc2[C@H]1c1ccc(Cl)cc1Cl)C(=O)c1ccc2ccccc2c1. The highest BCUT2D eigenvalue weighted by Gasteiger charge is 2.35. The van der Waals surface area contributed by atoms with Crippen LogP contribution in [0, 0.1) is 0 Å². The summed E-state index contributed by atoms with van der Waals surface area (Å²) in [7, 11) is 0. The second kappa shape index (κ2) is 11.3. The third-order valence-electron chi connectivity index (χ3n) is 6.93. The summed E-state index contributed by atoms with van der Waals surface area (Å²) in [6.45, 7) is 3.20. The normalized spacial score (nSPS) is 15.0. The fraction of sp³-hybridized carbons (Fsp3) is 0.267. The molecule has 37 heavy (non-hydrogen) atoms. The summed E-state index contributed by atoms with van der Waals surface area (Å²) in [5, 5.41) is 5.24. The van der Waals surface area contributed by atoms with Crippen molar-refractivity contribution in [3.05, 3.63) is 104 Å². The highest BCUT2D eigenvalue weighted by Crippen LogP contribution is 2.41. The van der Waals surface area contributed by atoms with Gasteiger partial charge in [0.2, 0.25) is 5.91 Å². The van der Waals surface area contributed by atoms with Gasteiger partial charge in [0.1, 0.15) is 6.54 Å². The Labute approximate surface area is 231 Å². The van der Waals surface area contributed by atoms with Crippen LogP contribution in [-0.4, -0.2) is 41.2 Å². The van der Waals surface area contributed by atoms with Crippen LogP contribution in [0.1, 0.15) is 52.2 Å². The van der Waals surface area contributed by atoms with Crippen molar-refractivity contribution in [3.8, 4) is 0 Å². The van der Waals surface area contributed by atoms with Gasteiger partial charge in [-0.15, -0.1) is 11.3 Å². The van der Waals surface area contributed by atoms with E-state index >= 15 is 0 Å². The van der Waals surface area contributed by atoms with Gasteiger partial charge in [0.05, 0.1) is 6.04 Å². The third-order valence-corrected chi connectivity index (χ3v) is 8.49. The number of hydrogen-bond acceptors (Lipinski definition) is 3. The molecule has 0 N–H and O–H groups in total. The van der Waals surface area contributed by atoms with Crippen LogP contribution in [0.4, 0.5) is 0 Å². The zero-order valence-electron chi connectivity index (χ0n) is 20.6. The van der Waals surface area contributed by atoms with E-state index in [9.17, 15) is 9.59 Å². The Morgan fingerprint density at radius 2 is 1.81 bits per heavy atom. The first-order chi connectivity index (χ1) is 18.0. The summed E-state index contributed by atoms with van der Waals surface area (Å²) in [5.74, 6) is -0.208. The van der Waals surface area contributed by atoms with Crippen molar-refractivity contribution in [2.75, 3.05) is 19.6 Å². The minimum atomic E-state index is -0.309. The topological polar surface area (TPSA) is 40.6 Å². The van der Waals surface area contributed by atoms with E-state index in [0.717, 1.165) is 41.2 Å². The summed E-state index contributed by atoms with van der Waals surface area (Å²) >= 11 is 14.5. The smallest absolute Gasteiger partial charge is 0.254 e. The Hall–Kier alpha value is -2.86. The standard InChI is InChI=1S/C30H28Cl2N2O2S/c1-2-3-14-33(30(36)22-9-8-20-6-4-5-7-21(20)17-22)19-28(35)34-15-12-27-25(13-16-37-27)29(34)24-11-10-23(31)18-26(24)32/h4-11,13,16-18,29H,2-3,12,14-15,19H2,1H3/t29-/m1/s1. The van der Waals surface area contributed by atoms with Crippen molar-refractivity contribution < 1.29 is 9.59 Å². The Bertz CT molecular complexity index is 1450. The fourth-order valence-electron chi connectivity index (χ4n) is 5.00. The molecule has 4 aromatic rings. The van der Waals surface area contributed by atoms with E-state index in [0.29, 0.717) is 28.7 Å². The Morgan fingerprint density at radius 3 is 2.59 bits per heavy atom. The van der Waals surface area contributed by atoms with Gasteiger partial charge in [-0.25, -0.2) is 0 Å². The van der Waals surface area contributed by atoms with E-state index in [-0.39, 0.29) is 24.4 Å². The van der Waals surface area contributed by atoms with Crippen molar-refractivity contribution in [2.24, 2.45) is 0 Å². The van der Waals surface area contributed by atoms with E-state index in [1.807, 2.05) is 59.5 Å². The van der Waals surface area contributed by atoms with Crippen LogP contribution in [0.5, 0.6) is 0 Å². The molecule has 0 spiro atoms. The van der Waals surface area contributed by atoms with Gasteiger partial charge in [-0.1, -0.05) is 72.9 Å². The molecule has 2 amide bonds. The van der Waals surface area contributed by atoms with Crippen LogP contribution >= 0.6 is 34.5 Å². The van der Waals surface area contributed by atoms with Crippen LogP contribution in [-0.2, 0) is 11.2 Å². The van der Waals surface area contributed by atoms with Gasteiger partial charge in [-0.3, -0.25) is 9.59 Å². The van der Waals surface area contributed by atoms with Gasteiger partial charge in [-0.2, -0.15) is 0 Å². The number of carbonyl (C=O) groups excluding carboxylic acids is 2. The van der Waals surface area contributed by atoms with Gasteiger partial charge in [0, 0.05) is 33.6 Å². The monoisotopic (exact) mass is 550 g/mol. The van der Waals surface area contributed by atoms with Crippen molar-refractivity contribution in [3.63, 3.8) is 0 Å². The maximum Gasteiger partial charge on any atom is 0.254 e. The van der Waals surface area contributed by atoms with Crippen molar-refractivity contribution in [1.82, 2.24) is 9.80 Å². The molecular weight excluding hydrogens is 523 g/mol. The molecule has 1 aliphatic rings. The van der Waals surface area contributed by atoms with Gasteiger partial charge in [0.15, 0.2) is 0 Å². The quantitative estimate of drug-likeness (QED) is 0.237. The van der Waals surface area contributed by atoms with E-state index in [1.165, 1.54) is 4.88 Å². The fourth-order valence-corrected chi connectivity index (χ4v) is 6.42. The molecule has 0 radical (unpaired) electrons. The van der Waals surface area contributed by atoms with E-state index in [1.54, 1.807) is 22.3 Å². The summed E-state index contributed by atoms with van der Waals surface area (Å²) in [6.07, 6.45) is 2.54. The molecule has 1 atom stereocenters. The van der Waals surface area contributed by atoms with Gasteiger partial charge < -0.3 is 9.80 Å². The van der Waals surface area contributed by atoms with E-state index < -0.39 is 0 Å². The maximum atomic E-state index is 13.9. The minimum absolute atomic E-state index is 0.0207. The molecule has 1 aliphatic heterocycles. The predicted molar refractivity (Wildman–Crippen MR) is 153 cm³/mol. The zero-order valence-corrected chi connectivity index (χ0v) is 23.0. The largest absolute Gasteiger partial charge is 0.330 e. The maximum absolute atomic E-state index is 13.9. The summed E-state index contributed by atoms with van der Waals surface area (Å²) in [6, 6.07) is 20.9. The number of halogens is 2. The van der Waals surface area contributed by atoms with Crippen molar-refractivity contribution >= 4 is 57.1 Å². The molecule has 2 heterocycles. The van der Waals surface area contributed by atoms with Crippen LogP contribution in [0.2, 0.25) is 10.0 Å². The Kier molecular flexibility index (Phi) is 7.84. The first-order valence-corrected chi connectivity index (χ1v) is 14.2. The van der Waals surface area contributed by atoms with Crippen molar-refractivity contribution in [2.45, 2.75) is 32.2 Å². The summed E-state index contributed by atoms with van der Waals surface area (Å²) < 4.78 is 0. The molecule has 4 nitrogen and oxygen atoms in total. The Balaban J connectivity index is 1.44. The van der Waals surface area contributed by atoms with Gasteiger partial charge in [-0.05, 0) is 70.5 Å². The molecule has 0 saturated carbocycles. The number of carbonyl (C=O) groups is 2. The highest BCUT2D eigenvalue weighted by atomic mass is 35.5. The number of hydrogen-bond donors (Lipinski definition) is 0. The Morgan fingerprint density at radius 1 is 1.00 bits per heavy atom. The van der Waals surface area contributed by atoms with E-state index in [2.05, 4.69) is 18.4 Å². The lowest BCUT2D eigenvalue weighted by atomic mass is 9.93. The molecular formula is C30H28Cl2N2O2S. The summed E-state index contributed by atoms with van der Waals surface area (Å²) in [5.41, 5.74) is 2.54. The number of rotatable bonds is 7. The third kappa shape index (κ3) is 5.40. The zero-order chi connectivity index (χ0) is 25.9. The highest BCUT2D eigenvalue weighted by molar-refractivity contribution is 7.10. The van der Waals surface area contributed by atoms with Crippen molar-refractivity contribution in [1.29, 1.82) is 0 Å². The molecule has 3 aromatic carbocycles. The van der Waals surface area contributed by atoms with E-state index in [4.69, 9.17) is 23.2 Å². The number of fused-ring (bicyclic) bond motifs is 2. The van der Waals surface area contributed by atoms with Crippen LogP contribution in [0.3, 0.4) is 0 Å². The first-order valence-electron chi connectivity index (χ1n) is 12.5. The number of thiophene rings is 1. The molecule has 0 aliphatic carbocycles. The molecule has 0 unspecified atom stereocenters. The number of amides is 2. The molecule has 7 heteroatoms. The molecule has 0 fully saturated rings. The molecule has 190 valence electrons. The van der Waals surface area contributed by atoms with Gasteiger partial charge >= 0.3 is 0 Å². The summed E-state index contributed by atoms with van der Waals surface area (Å²) in [4.78, 5) is 32.3. The second-order valence-electron chi connectivity index (χ2n) is 9.35. The second-order valence-corrected chi connectivity index (χ2v) is 11.2. The molecule has 5 rings (SSSR count). The predicted octanol–water partition coefficient (Wildman–Crippen LogP) is 7.62. The number of unbranched alkanes of at least 4 members (excludes halogenated alkanes) is 1. The first kappa shape index (κ1) is 25.8. The lowest BCUT2D eigenvalue weighted by Gasteiger charge is -2.38. The molecule has 0 bridgehead atoms. The number of benzene rings is 3. The van der Waals surface area contributed by atoms with Crippen LogP contribution in [0.15, 0.2) is 72.1 Å². The van der Waals surface area contributed by atoms with Crippen LogP contribution < -0.4 is 0 Å². The lowest BCUT2D eigenvalue weighted by Crippen LogP contribution is -2.47. The number of nitrogens with zero attached hydrogens (tertiary/aromatic N) is 2. The molecule has 0 saturated heterocycles. The lowest BCUT2D eigenvalue weighted by molar-refractivity contribution is -0.134. The minimum Gasteiger partial charge on any atom is -0.330 e.